The van der Waals surface area contributed by atoms with E-state index in [2.05, 4.69) is 27.8 Å². The van der Waals surface area contributed by atoms with Crippen molar-refractivity contribution in [1.29, 1.82) is 0 Å². The smallest absolute Gasteiger partial charge is 0.230 e. The number of amides is 1. The Morgan fingerprint density at radius 1 is 1.35 bits per heavy atom. The Morgan fingerprint density at radius 2 is 2.13 bits per heavy atom. The van der Waals surface area contributed by atoms with Gasteiger partial charge in [0.25, 0.3) is 0 Å². The maximum atomic E-state index is 11.9. The number of aromatic nitrogens is 2. The highest BCUT2D eigenvalue weighted by Gasteiger charge is 2.10. The normalized spacial score (nSPS) is 12.0. The van der Waals surface area contributed by atoms with Gasteiger partial charge in [-0.2, -0.15) is 0 Å². The predicted octanol–water partition coefficient (Wildman–Crippen LogP) is 3.99. The van der Waals surface area contributed by atoms with Gasteiger partial charge in [-0.25, -0.2) is 0 Å². The molecule has 1 heterocycles. The van der Waals surface area contributed by atoms with E-state index >= 15 is 0 Å². The van der Waals surface area contributed by atoms with Gasteiger partial charge in [-0.3, -0.25) is 4.79 Å². The molecule has 1 aromatic heterocycles. The Kier molecular flexibility index (Phi) is 6.85. The fraction of sp³-hybridized carbons (Fsp3) is 0.438. The van der Waals surface area contributed by atoms with Crippen molar-refractivity contribution in [3.05, 3.63) is 29.8 Å². The van der Waals surface area contributed by atoms with Crippen molar-refractivity contribution in [1.82, 2.24) is 15.5 Å². The summed E-state index contributed by atoms with van der Waals surface area (Å²) in [5, 5.41) is 15.2. The van der Waals surface area contributed by atoms with E-state index in [1.807, 2.05) is 38.1 Å². The summed E-state index contributed by atoms with van der Waals surface area (Å²) in [7, 11) is 0. The summed E-state index contributed by atoms with van der Waals surface area (Å²) in [4.78, 5) is 11.9. The predicted molar refractivity (Wildman–Crippen MR) is 97.6 cm³/mol. The first-order chi connectivity index (χ1) is 11.1. The molecule has 0 radical (unpaired) electrons. The van der Waals surface area contributed by atoms with Crippen molar-refractivity contribution >= 4 is 39.8 Å². The molecule has 1 atom stereocenters. The maximum absolute atomic E-state index is 11.9. The fourth-order valence-corrected chi connectivity index (χ4v) is 3.67. The number of benzene rings is 1. The molecule has 2 aromatic rings. The zero-order chi connectivity index (χ0) is 16.7. The molecule has 2 N–H and O–H groups in total. The van der Waals surface area contributed by atoms with Crippen LogP contribution in [0.3, 0.4) is 0 Å². The molecule has 23 heavy (non-hydrogen) atoms. The highest BCUT2D eigenvalue weighted by Crippen LogP contribution is 2.28. The van der Waals surface area contributed by atoms with Crippen LogP contribution in [0.15, 0.2) is 28.6 Å². The highest BCUT2D eigenvalue weighted by atomic mass is 32.2. The Morgan fingerprint density at radius 3 is 2.87 bits per heavy atom. The largest absolute Gasteiger partial charge is 0.353 e. The second kappa shape index (κ2) is 8.88. The number of aryl methyl sites for hydroxylation is 1. The summed E-state index contributed by atoms with van der Waals surface area (Å²) >= 11 is 2.87. The van der Waals surface area contributed by atoms with Crippen molar-refractivity contribution in [3.63, 3.8) is 0 Å². The van der Waals surface area contributed by atoms with Gasteiger partial charge in [-0.1, -0.05) is 54.6 Å². The van der Waals surface area contributed by atoms with E-state index in [0.29, 0.717) is 5.75 Å². The molecule has 0 saturated carbocycles. The van der Waals surface area contributed by atoms with Gasteiger partial charge in [0.05, 0.1) is 5.75 Å². The summed E-state index contributed by atoms with van der Waals surface area (Å²) in [6, 6.07) is 8.25. The van der Waals surface area contributed by atoms with Crippen LogP contribution in [0, 0.1) is 6.92 Å². The summed E-state index contributed by atoms with van der Waals surface area (Å²) in [6.07, 6.45) is 2.07. The molecular weight excluding hydrogens is 328 g/mol. The van der Waals surface area contributed by atoms with Crippen LogP contribution in [0.25, 0.3) is 0 Å². The van der Waals surface area contributed by atoms with E-state index in [0.717, 1.165) is 33.6 Å². The molecule has 124 valence electrons. The van der Waals surface area contributed by atoms with Gasteiger partial charge in [0.15, 0.2) is 4.34 Å². The number of carbonyl (C=O) groups excluding carboxylic acids is 1. The molecule has 0 spiro atoms. The standard InChI is InChI=1S/C16H22N4OS2/c1-4-7-12(3)17-14(21)10-22-16-20-19-15(23-16)18-13-9-6-5-8-11(13)2/h5-6,8-9,12H,4,7,10H2,1-3H3,(H,17,21)(H,18,19)/t12-/m1/s1. The first-order valence-corrected chi connectivity index (χ1v) is 9.47. The van der Waals surface area contributed by atoms with E-state index < -0.39 is 0 Å². The molecule has 2 rings (SSSR count). The molecule has 0 unspecified atom stereocenters. The van der Waals surface area contributed by atoms with Crippen LogP contribution in [0.1, 0.15) is 32.3 Å². The SMILES string of the molecule is CCC[C@@H](C)NC(=O)CSc1nnc(Nc2ccccc2C)s1. The third-order valence-corrected chi connectivity index (χ3v) is 5.22. The summed E-state index contributed by atoms with van der Waals surface area (Å²) < 4.78 is 0.791. The van der Waals surface area contributed by atoms with Gasteiger partial charge >= 0.3 is 0 Å². The molecular formula is C16H22N4OS2. The number of nitrogens with one attached hydrogen (secondary N) is 2. The second-order valence-corrected chi connectivity index (χ2v) is 7.56. The lowest BCUT2D eigenvalue weighted by atomic mass is 10.2. The number of anilines is 2. The van der Waals surface area contributed by atoms with Crippen molar-refractivity contribution < 1.29 is 4.79 Å². The highest BCUT2D eigenvalue weighted by molar-refractivity contribution is 8.01. The number of para-hydroxylation sites is 1. The first kappa shape index (κ1) is 17.7. The topological polar surface area (TPSA) is 66.9 Å². The van der Waals surface area contributed by atoms with E-state index in [4.69, 9.17) is 0 Å². The summed E-state index contributed by atoms with van der Waals surface area (Å²) in [6.45, 7) is 6.18. The Bertz CT molecular complexity index is 645. The van der Waals surface area contributed by atoms with Crippen LogP contribution in [-0.4, -0.2) is 27.9 Å². The van der Waals surface area contributed by atoms with Gasteiger partial charge in [0, 0.05) is 11.7 Å². The summed E-state index contributed by atoms with van der Waals surface area (Å²) in [5.41, 5.74) is 2.17. The lowest BCUT2D eigenvalue weighted by Crippen LogP contribution is -2.33. The zero-order valence-corrected chi connectivity index (χ0v) is 15.3. The van der Waals surface area contributed by atoms with E-state index in [1.165, 1.54) is 23.1 Å². The molecule has 0 aliphatic carbocycles. The molecule has 0 fully saturated rings. The molecule has 0 saturated heterocycles. The van der Waals surface area contributed by atoms with Crippen LogP contribution in [-0.2, 0) is 4.79 Å². The van der Waals surface area contributed by atoms with Crippen LogP contribution >= 0.6 is 23.1 Å². The molecule has 0 bridgehead atoms. The van der Waals surface area contributed by atoms with Crippen LogP contribution in [0.4, 0.5) is 10.8 Å². The van der Waals surface area contributed by atoms with Gasteiger partial charge in [-0.15, -0.1) is 10.2 Å². The van der Waals surface area contributed by atoms with Crippen molar-refractivity contribution in [2.45, 2.75) is 44.0 Å². The lowest BCUT2D eigenvalue weighted by Gasteiger charge is -2.11. The van der Waals surface area contributed by atoms with Crippen LogP contribution in [0.2, 0.25) is 0 Å². The zero-order valence-electron chi connectivity index (χ0n) is 13.6. The van der Waals surface area contributed by atoms with Crippen LogP contribution in [0.5, 0.6) is 0 Å². The molecule has 0 aliphatic heterocycles. The van der Waals surface area contributed by atoms with Crippen molar-refractivity contribution in [3.8, 4) is 0 Å². The average molecular weight is 351 g/mol. The number of carbonyl (C=O) groups is 1. The third kappa shape index (κ3) is 5.84. The van der Waals surface area contributed by atoms with Gasteiger partial charge in [0.2, 0.25) is 11.0 Å². The van der Waals surface area contributed by atoms with Crippen molar-refractivity contribution in [2.24, 2.45) is 0 Å². The second-order valence-electron chi connectivity index (χ2n) is 5.36. The van der Waals surface area contributed by atoms with E-state index in [-0.39, 0.29) is 11.9 Å². The van der Waals surface area contributed by atoms with Crippen LogP contribution < -0.4 is 10.6 Å². The molecule has 1 amide bonds. The molecule has 1 aromatic carbocycles. The molecule has 0 aliphatic rings. The number of thioether (sulfide) groups is 1. The van der Waals surface area contributed by atoms with Gasteiger partial charge < -0.3 is 10.6 Å². The lowest BCUT2D eigenvalue weighted by molar-refractivity contribution is -0.119. The number of hydrogen-bond acceptors (Lipinski definition) is 6. The monoisotopic (exact) mass is 350 g/mol. The minimum atomic E-state index is 0.0413. The Labute approximate surface area is 145 Å². The number of nitrogens with zero attached hydrogens (tertiary/aromatic N) is 2. The quantitative estimate of drug-likeness (QED) is 0.705. The third-order valence-electron chi connectivity index (χ3n) is 3.25. The maximum Gasteiger partial charge on any atom is 0.230 e. The molecule has 7 heteroatoms. The first-order valence-electron chi connectivity index (χ1n) is 7.66. The minimum absolute atomic E-state index is 0.0413. The Hall–Kier alpha value is -1.60. The van der Waals surface area contributed by atoms with Gasteiger partial charge in [0.1, 0.15) is 0 Å². The number of hydrogen-bond donors (Lipinski definition) is 2. The number of rotatable bonds is 8. The average Bonchev–Trinajstić information content (AvgIpc) is 2.95. The van der Waals surface area contributed by atoms with E-state index in [9.17, 15) is 4.79 Å². The van der Waals surface area contributed by atoms with Crippen molar-refractivity contribution in [2.75, 3.05) is 11.1 Å². The fourth-order valence-electron chi connectivity index (χ4n) is 2.10. The van der Waals surface area contributed by atoms with Gasteiger partial charge in [-0.05, 0) is 31.9 Å². The minimum Gasteiger partial charge on any atom is -0.353 e. The molecule has 5 nitrogen and oxygen atoms in total. The van der Waals surface area contributed by atoms with E-state index in [1.54, 1.807) is 0 Å². The summed E-state index contributed by atoms with van der Waals surface area (Å²) in [5.74, 6) is 0.409. The Balaban J connectivity index is 1.83.